The Morgan fingerprint density at radius 2 is 1.88 bits per heavy atom. The lowest BCUT2D eigenvalue weighted by molar-refractivity contribution is 0.0948. The number of hydrogen-bond acceptors (Lipinski definition) is 6. The van der Waals surface area contributed by atoms with Gasteiger partial charge in [-0.3, -0.25) is 9.20 Å². The number of benzene rings is 1. The van der Waals surface area contributed by atoms with Crippen molar-refractivity contribution in [3.05, 3.63) is 83.1 Å². The first-order valence-electron chi connectivity index (χ1n) is 11.4. The van der Waals surface area contributed by atoms with Crippen molar-refractivity contribution in [2.75, 3.05) is 18.0 Å². The van der Waals surface area contributed by atoms with Crippen LogP contribution in [0.4, 0.5) is 5.95 Å². The molecule has 0 saturated heterocycles. The van der Waals surface area contributed by atoms with Crippen LogP contribution in [0.5, 0.6) is 0 Å². The highest BCUT2D eigenvalue weighted by atomic mass is 16.1. The molecule has 0 unspecified atom stereocenters. The fourth-order valence-corrected chi connectivity index (χ4v) is 4.11. The number of carbonyl (C=O) groups excluding carboxylic acids is 1. The van der Waals surface area contributed by atoms with Gasteiger partial charge >= 0.3 is 0 Å². The first-order chi connectivity index (χ1) is 16.1. The van der Waals surface area contributed by atoms with Gasteiger partial charge in [0.1, 0.15) is 11.5 Å². The van der Waals surface area contributed by atoms with E-state index in [1.54, 1.807) is 6.07 Å². The van der Waals surface area contributed by atoms with Gasteiger partial charge in [0.2, 0.25) is 5.95 Å². The summed E-state index contributed by atoms with van der Waals surface area (Å²) in [6.07, 6.45) is 3.45. The van der Waals surface area contributed by atoms with Gasteiger partial charge in [-0.15, -0.1) is 10.2 Å². The molecular weight excluding hydrogens is 414 g/mol. The first-order valence-corrected chi connectivity index (χ1v) is 11.4. The summed E-state index contributed by atoms with van der Waals surface area (Å²) in [6.45, 7) is 6.19. The summed E-state index contributed by atoms with van der Waals surface area (Å²) in [7, 11) is 0. The molecule has 1 aliphatic rings. The minimum absolute atomic E-state index is 0.192. The number of rotatable bonds is 6. The van der Waals surface area contributed by atoms with Crippen molar-refractivity contribution in [1.82, 2.24) is 29.9 Å². The van der Waals surface area contributed by atoms with Crippen molar-refractivity contribution >= 4 is 17.5 Å². The van der Waals surface area contributed by atoms with Gasteiger partial charge in [-0.2, -0.15) is 0 Å². The van der Waals surface area contributed by atoms with Gasteiger partial charge in [-0.1, -0.05) is 44.2 Å². The molecule has 8 heteroatoms. The van der Waals surface area contributed by atoms with Crippen molar-refractivity contribution in [3.63, 3.8) is 0 Å². The third-order valence-electron chi connectivity index (χ3n) is 5.99. The molecule has 0 bridgehead atoms. The van der Waals surface area contributed by atoms with Crippen LogP contribution in [0.3, 0.4) is 0 Å². The molecule has 0 saturated carbocycles. The van der Waals surface area contributed by atoms with Crippen LogP contribution in [-0.4, -0.2) is 43.6 Å². The predicted octanol–water partition coefficient (Wildman–Crippen LogP) is 3.18. The standard InChI is InChI=1S/C25H27N7O/c1-17(2)20-15-21(24(33)26-12-10-23-30-29-22-9-5-6-13-32(22)23)28-25(27-20)31-14-11-18-7-3-4-8-19(18)16-31/h3-9,13,15,17H,10-12,14,16H2,1-2H3,(H,26,33). The molecule has 1 aromatic carbocycles. The molecule has 33 heavy (non-hydrogen) atoms. The minimum atomic E-state index is -0.202. The van der Waals surface area contributed by atoms with Crippen LogP contribution in [-0.2, 0) is 19.4 Å². The maximum Gasteiger partial charge on any atom is 0.270 e. The third kappa shape index (κ3) is 4.41. The van der Waals surface area contributed by atoms with Gasteiger partial charge in [0.25, 0.3) is 5.91 Å². The molecule has 1 aliphatic heterocycles. The Morgan fingerprint density at radius 1 is 1.06 bits per heavy atom. The maximum atomic E-state index is 13.0. The fraction of sp³-hybridized carbons (Fsp3) is 0.320. The third-order valence-corrected chi connectivity index (χ3v) is 5.99. The van der Waals surface area contributed by atoms with E-state index in [4.69, 9.17) is 4.98 Å². The second-order valence-electron chi connectivity index (χ2n) is 8.62. The summed E-state index contributed by atoms with van der Waals surface area (Å²) in [5, 5.41) is 11.4. The average molecular weight is 442 g/mol. The zero-order valence-corrected chi connectivity index (χ0v) is 18.9. The Morgan fingerprint density at radius 3 is 2.73 bits per heavy atom. The number of hydrogen-bond donors (Lipinski definition) is 1. The number of carbonyl (C=O) groups is 1. The van der Waals surface area contributed by atoms with E-state index in [0.717, 1.165) is 36.7 Å². The lowest BCUT2D eigenvalue weighted by atomic mass is 10.0. The normalized spacial score (nSPS) is 13.4. The fourth-order valence-electron chi connectivity index (χ4n) is 4.11. The number of aromatic nitrogens is 5. The molecule has 0 fully saturated rings. The van der Waals surface area contributed by atoms with Gasteiger partial charge < -0.3 is 10.2 Å². The molecule has 0 aliphatic carbocycles. The second-order valence-corrected chi connectivity index (χ2v) is 8.62. The molecule has 8 nitrogen and oxygen atoms in total. The molecule has 0 atom stereocenters. The number of amides is 1. The average Bonchev–Trinajstić information content (AvgIpc) is 3.26. The summed E-state index contributed by atoms with van der Waals surface area (Å²) in [6, 6.07) is 16.0. The van der Waals surface area contributed by atoms with Crippen LogP contribution in [0.1, 0.15) is 52.9 Å². The molecule has 4 heterocycles. The van der Waals surface area contributed by atoms with Crippen LogP contribution in [0.25, 0.3) is 5.65 Å². The smallest absolute Gasteiger partial charge is 0.270 e. The molecule has 4 aromatic rings. The Hall–Kier alpha value is -3.81. The topological polar surface area (TPSA) is 88.3 Å². The number of fused-ring (bicyclic) bond motifs is 2. The van der Waals surface area contributed by atoms with Crippen LogP contribution in [0.2, 0.25) is 0 Å². The molecule has 1 N–H and O–H groups in total. The summed E-state index contributed by atoms with van der Waals surface area (Å²) in [4.78, 5) is 24.6. The second kappa shape index (κ2) is 8.97. The number of pyridine rings is 1. The number of anilines is 1. The zero-order valence-electron chi connectivity index (χ0n) is 18.9. The van der Waals surface area contributed by atoms with E-state index in [9.17, 15) is 4.79 Å². The molecule has 3 aromatic heterocycles. The van der Waals surface area contributed by atoms with Crippen LogP contribution in [0.15, 0.2) is 54.7 Å². The predicted molar refractivity (Wildman–Crippen MR) is 126 cm³/mol. The van der Waals surface area contributed by atoms with Crippen molar-refractivity contribution in [2.45, 2.75) is 39.2 Å². The summed E-state index contributed by atoms with van der Waals surface area (Å²) >= 11 is 0. The Balaban J connectivity index is 1.32. The number of nitrogens with one attached hydrogen (secondary N) is 1. The molecule has 5 rings (SSSR count). The summed E-state index contributed by atoms with van der Waals surface area (Å²) in [5.74, 6) is 1.41. The van der Waals surface area contributed by atoms with E-state index in [1.165, 1.54) is 11.1 Å². The van der Waals surface area contributed by atoms with Crippen molar-refractivity contribution in [1.29, 1.82) is 0 Å². The lowest BCUT2D eigenvalue weighted by Gasteiger charge is -2.29. The lowest BCUT2D eigenvalue weighted by Crippen LogP contribution is -2.33. The van der Waals surface area contributed by atoms with E-state index in [2.05, 4.69) is 63.5 Å². The van der Waals surface area contributed by atoms with Crippen LogP contribution in [0, 0.1) is 0 Å². The first kappa shape index (κ1) is 21.1. The number of nitrogens with zero attached hydrogens (tertiary/aromatic N) is 6. The Kier molecular flexibility index (Phi) is 5.73. The molecular formula is C25H27N7O. The minimum Gasteiger partial charge on any atom is -0.350 e. The SMILES string of the molecule is CC(C)c1cc(C(=O)NCCc2nnc3ccccn23)nc(N2CCc3ccccc3C2)n1. The molecule has 0 spiro atoms. The van der Waals surface area contributed by atoms with Gasteiger partial charge in [0.05, 0.1) is 0 Å². The van der Waals surface area contributed by atoms with Crippen LogP contribution < -0.4 is 10.2 Å². The van der Waals surface area contributed by atoms with Gasteiger partial charge in [0, 0.05) is 37.9 Å². The van der Waals surface area contributed by atoms with Crippen LogP contribution >= 0.6 is 0 Å². The highest BCUT2D eigenvalue weighted by Crippen LogP contribution is 2.24. The monoisotopic (exact) mass is 441 g/mol. The van der Waals surface area contributed by atoms with E-state index in [1.807, 2.05) is 28.8 Å². The van der Waals surface area contributed by atoms with Gasteiger partial charge in [-0.25, -0.2) is 9.97 Å². The van der Waals surface area contributed by atoms with E-state index < -0.39 is 0 Å². The maximum absolute atomic E-state index is 13.0. The Labute approximate surface area is 192 Å². The van der Waals surface area contributed by atoms with E-state index in [-0.39, 0.29) is 11.8 Å². The van der Waals surface area contributed by atoms with Gasteiger partial charge in [0.15, 0.2) is 5.65 Å². The quantitative estimate of drug-likeness (QED) is 0.494. The Bertz CT molecular complexity index is 1300. The molecule has 1 amide bonds. The molecule has 0 radical (unpaired) electrons. The highest BCUT2D eigenvalue weighted by Gasteiger charge is 2.21. The summed E-state index contributed by atoms with van der Waals surface area (Å²) in [5.41, 5.74) is 4.71. The highest BCUT2D eigenvalue weighted by molar-refractivity contribution is 5.92. The van der Waals surface area contributed by atoms with E-state index >= 15 is 0 Å². The van der Waals surface area contributed by atoms with Crippen molar-refractivity contribution in [2.24, 2.45) is 0 Å². The van der Waals surface area contributed by atoms with E-state index in [0.29, 0.717) is 24.6 Å². The summed E-state index contributed by atoms with van der Waals surface area (Å²) < 4.78 is 1.93. The zero-order chi connectivity index (χ0) is 22.8. The largest absolute Gasteiger partial charge is 0.350 e. The molecule has 168 valence electrons. The van der Waals surface area contributed by atoms with Crippen molar-refractivity contribution in [3.8, 4) is 0 Å². The van der Waals surface area contributed by atoms with Crippen molar-refractivity contribution < 1.29 is 4.79 Å². The van der Waals surface area contributed by atoms with Gasteiger partial charge in [-0.05, 0) is 41.7 Å².